The Morgan fingerprint density at radius 1 is 0.419 bits per heavy atom. The van der Waals surface area contributed by atoms with E-state index < -0.39 is 0 Å². The smallest absolute Gasteiger partial charge is 0.0716 e. The molecular formula is C41H25NS. The Morgan fingerprint density at radius 3 is 1.70 bits per heavy atom. The lowest BCUT2D eigenvalue weighted by molar-refractivity contribution is 1.34. The van der Waals surface area contributed by atoms with Crippen LogP contribution in [0.4, 0.5) is 0 Å². The lowest BCUT2D eigenvalue weighted by Crippen LogP contribution is -1.92. The van der Waals surface area contributed by atoms with Crippen LogP contribution in [0, 0.1) is 0 Å². The highest BCUT2D eigenvalue weighted by Crippen LogP contribution is 2.45. The van der Waals surface area contributed by atoms with Crippen molar-refractivity contribution in [2.75, 3.05) is 0 Å². The van der Waals surface area contributed by atoms with E-state index in [2.05, 4.69) is 152 Å². The van der Waals surface area contributed by atoms with Crippen LogP contribution in [0.5, 0.6) is 0 Å². The molecule has 0 saturated carbocycles. The monoisotopic (exact) mass is 563 g/mol. The van der Waals surface area contributed by atoms with E-state index in [4.69, 9.17) is 4.98 Å². The molecule has 0 aliphatic carbocycles. The number of aromatic nitrogens is 1. The second-order valence-corrected chi connectivity index (χ2v) is 12.1. The first-order chi connectivity index (χ1) is 21.3. The predicted molar refractivity (Wildman–Crippen MR) is 186 cm³/mol. The molecule has 9 rings (SSSR count). The van der Waals surface area contributed by atoms with Crippen LogP contribution in [0.1, 0.15) is 0 Å². The van der Waals surface area contributed by atoms with Gasteiger partial charge in [0.15, 0.2) is 0 Å². The number of rotatable bonds is 3. The van der Waals surface area contributed by atoms with Crippen LogP contribution >= 0.6 is 11.3 Å². The van der Waals surface area contributed by atoms with Crippen molar-refractivity contribution in [1.82, 2.24) is 4.98 Å². The SMILES string of the molecule is c1ccc(-c2c3ccccc3c(-c3ccc(-c4cccc5c4sc4ccc6ccccc6c45)nc3)c3ccccc23)cc1. The quantitative estimate of drug-likeness (QED) is 0.195. The van der Waals surface area contributed by atoms with Crippen molar-refractivity contribution < 1.29 is 0 Å². The zero-order valence-corrected chi connectivity index (χ0v) is 24.1. The van der Waals surface area contributed by atoms with Crippen LogP contribution in [-0.4, -0.2) is 4.98 Å². The van der Waals surface area contributed by atoms with E-state index in [-0.39, 0.29) is 0 Å². The maximum Gasteiger partial charge on any atom is 0.0716 e. The first kappa shape index (κ1) is 24.3. The second-order valence-electron chi connectivity index (χ2n) is 11.1. The van der Waals surface area contributed by atoms with Gasteiger partial charge in [0.2, 0.25) is 0 Å². The Labute approximate surface area is 253 Å². The van der Waals surface area contributed by atoms with Gasteiger partial charge in [-0.1, -0.05) is 133 Å². The molecule has 2 heterocycles. The normalized spacial score (nSPS) is 11.7. The van der Waals surface area contributed by atoms with E-state index in [1.807, 2.05) is 11.3 Å². The molecule has 0 saturated heterocycles. The Hall–Kier alpha value is -5.31. The molecule has 2 aromatic heterocycles. The summed E-state index contributed by atoms with van der Waals surface area (Å²) in [6.45, 7) is 0. The molecule has 0 atom stereocenters. The topological polar surface area (TPSA) is 12.9 Å². The fraction of sp³-hybridized carbons (Fsp3) is 0. The summed E-state index contributed by atoms with van der Waals surface area (Å²) >= 11 is 1.86. The Morgan fingerprint density at radius 2 is 1.02 bits per heavy atom. The van der Waals surface area contributed by atoms with Crippen LogP contribution in [-0.2, 0) is 0 Å². The van der Waals surface area contributed by atoms with Crippen LogP contribution < -0.4 is 0 Å². The summed E-state index contributed by atoms with van der Waals surface area (Å²) in [5.41, 5.74) is 7.06. The molecule has 2 heteroatoms. The number of nitrogens with zero attached hydrogens (tertiary/aromatic N) is 1. The lowest BCUT2D eigenvalue weighted by Gasteiger charge is -2.17. The van der Waals surface area contributed by atoms with Gasteiger partial charge < -0.3 is 0 Å². The highest BCUT2D eigenvalue weighted by atomic mass is 32.1. The molecule has 0 aliphatic rings. The number of hydrogen-bond donors (Lipinski definition) is 0. The average molecular weight is 564 g/mol. The minimum Gasteiger partial charge on any atom is -0.256 e. The van der Waals surface area contributed by atoms with E-state index in [0.29, 0.717) is 0 Å². The maximum absolute atomic E-state index is 5.11. The van der Waals surface area contributed by atoms with E-state index in [9.17, 15) is 0 Å². The number of thiophene rings is 1. The lowest BCUT2D eigenvalue weighted by atomic mass is 9.86. The van der Waals surface area contributed by atoms with Crippen LogP contribution in [0.25, 0.3) is 86.0 Å². The van der Waals surface area contributed by atoms with Gasteiger partial charge in [0.25, 0.3) is 0 Å². The summed E-state index contributed by atoms with van der Waals surface area (Å²) in [6, 6.07) is 52.6. The summed E-state index contributed by atoms with van der Waals surface area (Å²) in [4.78, 5) is 5.11. The fourth-order valence-electron chi connectivity index (χ4n) is 6.83. The third kappa shape index (κ3) is 3.74. The number of fused-ring (bicyclic) bond motifs is 7. The van der Waals surface area contributed by atoms with Gasteiger partial charge in [-0.3, -0.25) is 4.98 Å². The van der Waals surface area contributed by atoms with Gasteiger partial charge in [0.1, 0.15) is 0 Å². The molecule has 9 aromatic rings. The Balaban J connectivity index is 1.25. The van der Waals surface area contributed by atoms with Crippen molar-refractivity contribution in [3.63, 3.8) is 0 Å². The van der Waals surface area contributed by atoms with E-state index >= 15 is 0 Å². The molecule has 0 N–H and O–H groups in total. The Bertz CT molecular complexity index is 2430. The average Bonchev–Trinajstić information content (AvgIpc) is 3.47. The molecule has 0 amide bonds. The molecule has 1 nitrogen and oxygen atoms in total. The van der Waals surface area contributed by atoms with Crippen LogP contribution in [0.15, 0.2) is 152 Å². The van der Waals surface area contributed by atoms with Crippen molar-refractivity contribution in [3.8, 4) is 33.5 Å². The molecule has 200 valence electrons. The van der Waals surface area contributed by atoms with Gasteiger partial charge in [0, 0.05) is 37.5 Å². The molecule has 43 heavy (non-hydrogen) atoms. The minimum absolute atomic E-state index is 1.000. The first-order valence-corrected chi connectivity index (χ1v) is 15.5. The number of hydrogen-bond acceptors (Lipinski definition) is 2. The summed E-state index contributed by atoms with van der Waals surface area (Å²) < 4.78 is 2.60. The largest absolute Gasteiger partial charge is 0.256 e. The molecule has 0 bridgehead atoms. The van der Waals surface area contributed by atoms with Gasteiger partial charge in [-0.2, -0.15) is 0 Å². The van der Waals surface area contributed by atoms with Crippen molar-refractivity contribution in [2.45, 2.75) is 0 Å². The van der Waals surface area contributed by atoms with Gasteiger partial charge in [-0.25, -0.2) is 0 Å². The molecule has 0 unspecified atom stereocenters. The number of pyridine rings is 1. The standard InChI is InChI=1S/C41H25NS/c1-2-12-27(13-3-1)38-30-15-6-8-17-32(30)39(33-18-9-7-16-31(33)38)28-21-23-36(42-25-28)34-19-10-20-35-40-29-14-5-4-11-26(29)22-24-37(40)43-41(34)35/h1-25H. The highest BCUT2D eigenvalue weighted by molar-refractivity contribution is 7.26. The molecule has 0 aliphatic heterocycles. The van der Waals surface area contributed by atoms with Gasteiger partial charge in [-0.15, -0.1) is 11.3 Å². The van der Waals surface area contributed by atoms with Gasteiger partial charge >= 0.3 is 0 Å². The molecular weight excluding hydrogens is 539 g/mol. The van der Waals surface area contributed by atoms with Crippen molar-refractivity contribution >= 4 is 63.8 Å². The predicted octanol–water partition coefficient (Wildman–Crippen LogP) is 11.9. The maximum atomic E-state index is 5.11. The summed E-state index contributed by atoms with van der Waals surface area (Å²) in [7, 11) is 0. The van der Waals surface area contributed by atoms with Crippen LogP contribution in [0.2, 0.25) is 0 Å². The molecule has 7 aromatic carbocycles. The summed E-state index contributed by atoms with van der Waals surface area (Å²) in [6.07, 6.45) is 2.06. The Kier molecular flexibility index (Phi) is 5.44. The molecule has 0 radical (unpaired) electrons. The first-order valence-electron chi connectivity index (χ1n) is 14.6. The van der Waals surface area contributed by atoms with E-state index in [0.717, 1.165) is 11.3 Å². The molecule has 0 spiro atoms. The number of benzene rings is 7. The highest BCUT2D eigenvalue weighted by Gasteiger charge is 2.17. The third-order valence-corrected chi connectivity index (χ3v) is 9.91. The van der Waals surface area contributed by atoms with Crippen LogP contribution in [0.3, 0.4) is 0 Å². The molecule has 0 fully saturated rings. The van der Waals surface area contributed by atoms with Gasteiger partial charge in [0.05, 0.1) is 5.69 Å². The van der Waals surface area contributed by atoms with Crippen molar-refractivity contribution in [2.24, 2.45) is 0 Å². The van der Waals surface area contributed by atoms with E-state index in [1.54, 1.807) is 0 Å². The van der Waals surface area contributed by atoms with Gasteiger partial charge in [-0.05, 0) is 61.1 Å². The summed E-state index contributed by atoms with van der Waals surface area (Å²) in [5, 5.41) is 10.2. The van der Waals surface area contributed by atoms with E-state index in [1.165, 1.54) is 74.7 Å². The minimum atomic E-state index is 1.000. The zero-order valence-electron chi connectivity index (χ0n) is 23.3. The van der Waals surface area contributed by atoms with Crippen molar-refractivity contribution in [3.05, 3.63) is 152 Å². The second kappa shape index (κ2) is 9.62. The van der Waals surface area contributed by atoms with Crippen molar-refractivity contribution in [1.29, 1.82) is 0 Å². The zero-order chi connectivity index (χ0) is 28.3. The summed E-state index contributed by atoms with van der Waals surface area (Å²) in [5.74, 6) is 0. The fourth-order valence-corrected chi connectivity index (χ4v) is 8.07. The third-order valence-electron chi connectivity index (χ3n) is 8.71.